The molecule has 0 unspecified atom stereocenters. The molecule has 2 aromatic rings. The number of hydrogen-bond acceptors (Lipinski definition) is 3. The number of nitrogens with one attached hydrogen (secondary N) is 2. The number of carbonyl (C=O) groups excluding carboxylic acids is 2. The summed E-state index contributed by atoms with van der Waals surface area (Å²) in [6.45, 7) is 2.79. The summed E-state index contributed by atoms with van der Waals surface area (Å²) in [4.78, 5) is 29.2. The fourth-order valence-corrected chi connectivity index (χ4v) is 4.63. The quantitative estimate of drug-likeness (QED) is 0.695. The minimum atomic E-state index is -0.300. The molecule has 0 spiro atoms. The molecule has 3 atom stereocenters. The van der Waals surface area contributed by atoms with Gasteiger partial charge in [0.2, 0.25) is 0 Å². The molecule has 0 aromatic heterocycles. The number of carbonyl (C=O) groups is 2. The number of halogens is 1. The summed E-state index contributed by atoms with van der Waals surface area (Å²) in [5.41, 5.74) is 2.37. The Labute approximate surface area is 180 Å². The maximum Gasteiger partial charge on any atom is 0.326 e. The summed E-state index contributed by atoms with van der Waals surface area (Å²) in [5.74, 6) is -0.00574. The average Bonchev–Trinajstić information content (AvgIpc) is 2.72. The SMILES string of the molecule is CCCNC(=O)N1[C@H](CO)[C@@H]2c3ccccc3N(C(=O)Nc3cccc(Cl)c3)C[C@@H]21. The zero-order valence-electron chi connectivity index (χ0n) is 16.7. The van der Waals surface area contributed by atoms with Crippen molar-refractivity contribution in [2.24, 2.45) is 0 Å². The third kappa shape index (κ3) is 3.59. The van der Waals surface area contributed by atoms with Gasteiger partial charge in [0.15, 0.2) is 0 Å². The number of aliphatic hydroxyl groups is 1. The van der Waals surface area contributed by atoms with Gasteiger partial charge in [0.1, 0.15) is 0 Å². The summed E-state index contributed by atoms with van der Waals surface area (Å²) < 4.78 is 0. The van der Waals surface area contributed by atoms with Crippen molar-refractivity contribution in [3.63, 3.8) is 0 Å². The van der Waals surface area contributed by atoms with Crippen molar-refractivity contribution >= 4 is 35.0 Å². The Morgan fingerprint density at radius 2 is 1.97 bits per heavy atom. The predicted octanol–water partition coefficient (Wildman–Crippen LogP) is 3.64. The number of rotatable bonds is 4. The van der Waals surface area contributed by atoms with Crippen LogP contribution in [0.4, 0.5) is 21.0 Å². The lowest BCUT2D eigenvalue weighted by molar-refractivity contribution is -0.00673. The molecule has 7 nitrogen and oxygen atoms in total. The molecule has 2 aromatic carbocycles. The van der Waals surface area contributed by atoms with Crippen LogP contribution in [0.3, 0.4) is 0 Å². The molecule has 8 heteroatoms. The number of amides is 4. The fraction of sp³-hybridized carbons (Fsp3) is 0.364. The third-order valence-corrected chi connectivity index (χ3v) is 6.00. The van der Waals surface area contributed by atoms with Gasteiger partial charge >= 0.3 is 12.1 Å². The Morgan fingerprint density at radius 3 is 2.70 bits per heavy atom. The van der Waals surface area contributed by atoms with Crippen molar-refractivity contribution in [1.29, 1.82) is 0 Å². The standard InChI is InChI=1S/C22H25ClN4O3/c1-2-10-24-21(29)27-18-12-26(22(30)25-15-7-5-6-14(23)11-15)17-9-4-3-8-16(17)20(18)19(27)13-28/h3-9,11,18-20,28H,2,10,12-13H2,1H3,(H,24,29)(H,25,30)/t18-,19+,20+/m0/s1. The van der Waals surface area contributed by atoms with E-state index < -0.39 is 0 Å². The van der Waals surface area contributed by atoms with E-state index in [2.05, 4.69) is 10.6 Å². The van der Waals surface area contributed by atoms with E-state index in [-0.39, 0.29) is 36.7 Å². The first-order valence-corrected chi connectivity index (χ1v) is 10.5. The monoisotopic (exact) mass is 428 g/mol. The largest absolute Gasteiger partial charge is 0.394 e. The Balaban J connectivity index is 1.62. The number of benzene rings is 2. The zero-order chi connectivity index (χ0) is 21.3. The number of hydrogen-bond donors (Lipinski definition) is 3. The van der Waals surface area contributed by atoms with Gasteiger partial charge in [-0.05, 0) is 36.2 Å². The van der Waals surface area contributed by atoms with Crippen LogP contribution in [0.1, 0.15) is 24.8 Å². The number of urea groups is 2. The summed E-state index contributed by atoms with van der Waals surface area (Å²) in [5, 5.41) is 16.3. The fourth-order valence-electron chi connectivity index (χ4n) is 4.44. The van der Waals surface area contributed by atoms with Crippen LogP contribution in [0.5, 0.6) is 0 Å². The van der Waals surface area contributed by atoms with Gasteiger partial charge in [0, 0.05) is 35.4 Å². The Morgan fingerprint density at radius 1 is 1.17 bits per heavy atom. The molecule has 0 bridgehead atoms. The van der Waals surface area contributed by atoms with Crippen molar-refractivity contribution in [2.45, 2.75) is 31.3 Å². The lowest BCUT2D eigenvalue weighted by atomic mass is 9.72. The number of fused-ring (bicyclic) bond motifs is 3. The molecule has 3 N–H and O–H groups in total. The zero-order valence-corrected chi connectivity index (χ0v) is 17.5. The summed E-state index contributed by atoms with van der Waals surface area (Å²) in [6.07, 6.45) is 0.828. The first-order valence-electron chi connectivity index (χ1n) is 10.1. The van der Waals surface area contributed by atoms with Gasteiger partial charge in [-0.3, -0.25) is 4.90 Å². The van der Waals surface area contributed by atoms with Crippen molar-refractivity contribution in [2.75, 3.05) is 29.9 Å². The molecule has 30 heavy (non-hydrogen) atoms. The highest BCUT2D eigenvalue weighted by Crippen LogP contribution is 2.48. The topological polar surface area (TPSA) is 84.9 Å². The molecule has 0 aliphatic carbocycles. The van der Waals surface area contributed by atoms with E-state index in [4.69, 9.17) is 11.6 Å². The van der Waals surface area contributed by atoms with E-state index in [9.17, 15) is 14.7 Å². The minimum Gasteiger partial charge on any atom is -0.394 e. The lowest BCUT2D eigenvalue weighted by Crippen LogP contribution is -2.72. The smallest absolute Gasteiger partial charge is 0.326 e. The average molecular weight is 429 g/mol. The van der Waals surface area contributed by atoms with Crippen LogP contribution in [0.2, 0.25) is 5.02 Å². The number of likely N-dealkylation sites (tertiary alicyclic amines) is 1. The highest BCUT2D eigenvalue weighted by atomic mass is 35.5. The van der Waals surface area contributed by atoms with E-state index in [1.807, 2.05) is 31.2 Å². The first kappa shape index (κ1) is 20.5. The first-order chi connectivity index (χ1) is 14.5. The second kappa shape index (κ2) is 8.53. The van der Waals surface area contributed by atoms with Crippen LogP contribution in [-0.2, 0) is 0 Å². The van der Waals surface area contributed by atoms with Crippen LogP contribution >= 0.6 is 11.6 Å². The van der Waals surface area contributed by atoms with Crippen molar-refractivity contribution in [3.05, 3.63) is 59.1 Å². The van der Waals surface area contributed by atoms with Gasteiger partial charge in [-0.15, -0.1) is 0 Å². The van der Waals surface area contributed by atoms with Crippen LogP contribution in [0.25, 0.3) is 0 Å². The normalized spacial score (nSPS) is 21.9. The van der Waals surface area contributed by atoms with E-state index in [0.29, 0.717) is 23.8 Å². The maximum atomic E-state index is 13.1. The summed E-state index contributed by atoms with van der Waals surface area (Å²) in [6, 6.07) is 13.7. The Bertz CT molecular complexity index is 953. The molecule has 0 radical (unpaired) electrons. The van der Waals surface area contributed by atoms with Crippen LogP contribution in [0, 0.1) is 0 Å². The Hall–Kier alpha value is -2.77. The van der Waals surface area contributed by atoms with Gasteiger partial charge in [0.25, 0.3) is 0 Å². The van der Waals surface area contributed by atoms with Gasteiger partial charge in [-0.2, -0.15) is 0 Å². The molecule has 2 heterocycles. The lowest BCUT2D eigenvalue weighted by Gasteiger charge is -2.58. The number of aliphatic hydroxyl groups excluding tert-OH is 1. The minimum absolute atomic E-state index is 0.00574. The van der Waals surface area contributed by atoms with Gasteiger partial charge in [-0.25, -0.2) is 9.59 Å². The van der Waals surface area contributed by atoms with Crippen LogP contribution < -0.4 is 15.5 Å². The maximum absolute atomic E-state index is 13.1. The predicted molar refractivity (Wildman–Crippen MR) is 117 cm³/mol. The van der Waals surface area contributed by atoms with Gasteiger partial charge < -0.3 is 20.6 Å². The Kier molecular flexibility index (Phi) is 5.83. The highest BCUT2D eigenvalue weighted by Gasteiger charge is 2.55. The highest BCUT2D eigenvalue weighted by molar-refractivity contribution is 6.30. The molecule has 158 valence electrons. The van der Waals surface area contributed by atoms with Crippen LogP contribution in [0.15, 0.2) is 48.5 Å². The summed E-state index contributed by atoms with van der Waals surface area (Å²) >= 11 is 6.03. The molecule has 1 fully saturated rings. The van der Waals surface area contributed by atoms with Crippen molar-refractivity contribution in [1.82, 2.24) is 10.2 Å². The number of para-hydroxylation sites is 1. The number of anilines is 2. The third-order valence-electron chi connectivity index (χ3n) is 5.77. The van der Waals surface area contributed by atoms with E-state index in [0.717, 1.165) is 17.7 Å². The second-order valence-electron chi connectivity index (χ2n) is 7.59. The van der Waals surface area contributed by atoms with Gasteiger partial charge in [0.05, 0.1) is 18.7 Å². The molecule has 2 aliphatic heterocycles. The molecule has 1 saturated heterocycles. The van der Waals surface area contributed by atoms with E-state index in [1.165, 1.54) is 0 Å². The molecule has 4 amide bonds. The van der Waals surface area contributed by atoms with Crippen LogP contribution in [-0.4, -0.2) is 53.8 Å². The molecule has 4 rings (SSSR count). The van der Waals surface area contributed by atoms with E-state index in [1.54, 1.807) is 34.1 Å². The van der Waals surface area contributed by atoms with Gasteiger partial charge in [-0.1, -0.05) is 42.8 Å². The molecular weight excluding hydrogens is 404 g/mol. The molecule has 2 aliphatic rings. The molecular formula is C22H25ClN4O3. The summed E-state index contributed by atoms with van der Waals surface area (Å²) in [7, 11) is 0. The van der Waals surface area contributed by atoms with Crippen molar-refractivity contribution in [3.8, 4) is 0 Å². The number of nitrogens with zero attached hydrogens (tertiary/aromatic N) is 2. The van der Waals surface area contributed by atoms with E-state index >= 15 is 0 Å². The molecule has 0 saturated carbocycles. The second-order valence-corrected chi connectivity index (χ2v) is 8.03. The van der Waals surface area contributed by atoms with Crippen molar-refractivity contribution < 1.29 is 14.7 Å².